The van der Waals surface area contributed by atoms with E-state index < -0.39 is 42.3 Å². The van der Waals surface area contributed by atoms with E-state index in [0.29, 0.717) is 23.4 Å². The fourth-order valence-electron chi connectivity index (χ4n) is 3.10. The molecule has 2 aromatic rings. The summed E-state index contributed by atoms with van der Waals surface area (Å²) in [5.74, 6) is 0.248. The van der Waals surface area contributed by atoms with Crippen molar-refractivity contribution in [2.75, 3.05) is 19.5 Å². The molecule has 1 saturated heterocycles. The number of nitrogen functional groups attached to an aromatic ring is 1. The minimum absolute atomic E-state index is 0.0452. The zero-order valence-electron chi connectivity index (χ0n) is 16.2. The van der Waals surface area contributed by atoms with Crippen LogP contribution < -0.4 is 5.73 Å². The van der Waals surface area contributed by atoms with E-state index in [1.165, 1.54) is 6.33 Å². The second-order valence-electron chi connectivity index (χ2n) is 6.64. The highest BCUT2D eigenvalue weighted by molar-refractivity contribution is 7.66. The lowest BCUT2D eigenvalue weighted by Crippen LogP contribution is -2.15. The number of anilines is 1. The van der Waals surface area contributed by atoms with Gasteiger partial charge in [0, 0.05) is 7.11 Å². The van der Waals surface area contributed by atoms with Gasteiger partial charge in [0.15, 0.2) is 5.82 Å². The SMILES string of the molecule is COP(=O)(O)OP(=O)(O)OP(=O)(O)OCC1CC(C)C(c2ccc3c(N)ncnn23)O1. The molecule has 174 valence electrons. The van der Waals surface area contributed by atoms with Crippen LogP contribution in [0.5, 0.6) is 0 Å². The van der Waals surface area contributed by atoms with Crippen LogP contribution >= 0.6 is 23.5 Å². The molecular weight excluding hydrogens is 481 g/mol. The van der Waals surface area contributed by atoms with Crippen LogP contribution in [0.4, 0.5) is 5.82 Å². The van der Waals surface area contributed by atoms with Crippen LogP contribution in [0.15, 0.2) is 18.5 Å². The summed E-state index contributed by atoms with van der Waals surface area (Å²) < 4.78 is 58.7. The lowest BCUT2D eigenvalue weighted by atomic mass is 10.00. The molecule has 2 aromatic heterocycles. The Labute approximate surface area is 175 Å². The predicted octanol–water partition coefficient (Wildman–Crippen LogP) is 1.77. The molecular formula is C13H21N4O11P3. The quantitative estimate of drug-likeness (QED) is 0.360. The van der Waals surface area contributed by atoms with Gasteiger partial charge in [-0.05, 0) is 24.5 Å². The van der Waals surface area contributed by atoms with Crippen LogP contribution in [0.1, 0.15) is 25.1 Å². The first kappa shape index (κ1) is 24.4. The van der Waals surface area contributed by atoms with E-state index in [1.807, 2.05) is 6.92 Å². The number of phosphoric acid groups is 3. The summed E-state index contributed by atoms with van der Waals surface area (Å²) in [4.78, 5) is 32.0. The molecule has 15 nitrogen and oxygen atoms in total. The number of ether oxygens (including phenoxy) is 1. The Morgan fingerprint density at radius 2 is 1.87 bits per heavy atom. The van der Waals surface area contributed by atoms with Crippen LogP contribution in [-0.2, 0) is 36.1 Å². The minimum atomic E-state index is -5.46. The first-order valence-electron chi connectivity index (χ1n) is 8.67. The highest BCUT2D eigenvalue weighted by Gasteiger charge is 2.43. The molecule has 0 saturated carbocycles. The maximum Gasteiger partial charge on any atom is 0.490 e. The summed E-state index contributed by atoms with van der Waals surface area (Å²) in [6.45, 7) is 1.42. The van der Waals surface area contributed by atoms with E-state index >= 15 is 0 Å². The Morgan fingerprint density at radius 3 is 2.55 bits per heavy atom. The fourth-order valence-corrected chi connectivity index (χ4v) is 6.39. The van der Waals surface area contributed by atoms with E-state index in [-0.39, 0.29) is 5.92 Å². The van der Waals surface area contributed by atoms with Crippen LogP contribution in [0.3, 0.4) is 0 Å². The number of hydrogen-bond acceptors (Lipinski definition) is 11. The number of aromatic nitrogens is 3. The molecule has 0 amide bonds. The second-order valence-corrected chi connectivity index (χ2v) is 11.4. The van der Waals surface area contributed by atoms with Crippen LogP contribution in [-0.4, -0.2) is 49.1 Å². The van der Waals surface area contributed by atoms with E-state index in [9.17, 15) is 23.5 Å². The normalized spacial score (nSPS) is 27.6. The average molecular weight is 502 g/mol. The van der Waals surface area contributed by atoms with E-state index in [0.717, 1.165) is 7.11 Å². The number of rotatable bonds is 9. The van der Waals surface area contributed by atoms with Crippen molar-refractivity contribution in [3.63, 3.8) is 0 Å². The minimum Gasteiger partial charge on any atom is -0.382 e. The molecule has 0 aromatic carbocycles. The molecule has 3 rings (SSSR count). The summed E-state index contributed by atoms with van der Waals surface area (Å²) in [5, 5.41) is 4.15. The van der Waals surface area contributed by atoms with Crippen molar-refractivity contribution < 1.29 is 50.8 Å². The van der Waals surface area contributed by atoms with Crippen molar-refractivity contribution in [2.24, 2.45) is 5.92 Å². The Morgan fingerprint density at radius 1 is 1.19 bits per heavy atom. The number of nitrogens with two attached hydrogens (primary N) is 1. The van der Waals surface area contributed by atoms with Crippen LogP contribution in [0, 0.1) is 5.92 Å². The Hall–Kier alpha value is -1.21. The third-order valence-corrected chi connectivity index (χ3v) is 8.60. The van der Waals surface area contributed by atoms with Crippen molar-refractivity contribution in [1.29, 1.82) is 0 Å². The zero-order valence-corrected chi connectivity index (χ0v) is 18.9. The van der Waals surface area contributed by atoms with Crippen molar-refractivity contribution in [3.8, 4) is 0 Å². The van der Waals surface area contributed by atoms with Crippen LogP contribution in [0.25, 0.3) is 5.52 Å². The number of nitrogens with zero attached hydrogens (tertiary/aromatic N) is 3. The molecule has 1 aliphatic rings. The smallest absolute Gasteiger partial charge is 0.382 e. The Kier molecular flexibility index (Phi) is 7.07. The van der Waals surface area contributed by atoms with Gasteiger partial charge in [-0.2, -0.15) is 13.7 Å². The molecule has 1 fully saturated rings. The highest BCUT2D eigenvalue weighted by Crippen LogP contribution is 2.67. The van der Waals surface area contributed by atoms with E-state index in [2.05, 4.69) is 23.2 Å². The van der Waals surface area contributed by atoms with Crippen molar-refractivity contribution in [2.45, 2.75) is 25.6 Å². The van der Waals surface area contributed by atoms with Crippen molar-refractivity contribution in [3.05, 3.63) is 24.2 Å². The lowest BCUT2D eigenvalue weighted by molar-refractivity contribution is 0.00207. The molecule has 18 heteroatoms. The number of phosphoric ester groups is 2. The molecule has 0 radical (unpaired) electrons. The van der Waals surface area contributed by atoms with E-state index in [1.54, 1.807) is 16.6 Å². The van der Waals surface area contributed by atoms with Gasteiger partial charge in [-0.3, -0.25) is 9.05 Å². The molecule has 5 N–H and O–H groups in total. The average Bonchev–Trinajstić information content (AvgIpc) is 3.22. The molecule has 6 unspecified atom stereocenters. The first-order valence-corrected chi connectivity index (χ1v) is 13.2. The molecule has 31 heavy (non-hydrogen) atoms. The predicted molar refractivity (Wildman–Crippen MR) is 103 cm³/mol. The monoisotopic (exact) mass is 502 g/mol. The van der Waals surface area contributed by atoms with Gasteiger partial charge in [-0.1, -0.05) is 6.92 Å². The molecule has 6 atom stereocenters. The Balaban J connectivity index is 1.62. The summed E-state index contributed by atoms with van der Waals surface area (Å²) in [6, 6.07) is 3.51. The summed E-state index contributed by atoms with van der Waals surface area (Å²) in [6.07, 6.45) is 0.603. The molecule has 3 heterocycles. The van der Waals surface area contributed by atoms with Crippen molar-refractivity contribution in [1.82, 2.24) is 14.6 Å². The Bertz CT molecular complexity index is 1090. The summed E-state index contributed by atoms with van der Waals surface area (Å²) in [5.41, 5.74) is 7.11. The van der Waals surface area contributed by atoms with Gasteiger partial charge in [0.1, 0.15) is 17.9 Å². The standard InChI is InChI=1S/C13H21N4O11P3/c1-8-5-9(6-25-30(20,21)28-31(22,23)27-29(18,19)24-2)26-12(8)10-3-4-11-13(14)15-7-16-17(10)11/h3-4,7-9,12H,5-6H2,1-2H3,(H,18,19)(H,20,21)(H,22,23)(H2,14,15,16). The van der Waals surface area contributed by atoms with Gasteiger partial charge in [-0.25, -0.2) is 23.2 Å². The largest absolute Gasteiger partial charge is 0.490 e. The van der Waals surface area contributed by atoms with Crippen LogP contribution in [0.2, 0.25) is 0 Å². The summed E-state index contributed by atoms with van der Waals surface area (Å²) >= 11 is 0. The lowest BCUT2D eigenvalue weighted by Gasteiger charge is -2.19. The number of fused-ring (bicyclic) bond motifs is 1. The maximum absolute atomic E-state index is 12.0. The highest BCUT2D eigenvalue weighted by atomic mass is 31.3. The molecule has 0 aliphatic carbocycles. The van der Waals surface area contributed by atoms with Gasteiger partial charge in [0.25, 0.3) is 0 Å². The molecule has 0 bridgehead atoms. The topological polar surface area (TPSA) is 214 Å². The van der Waals surface area contributed by atoms with E-state index in [4.69, 9.17) is 19.9 Å². The fraction of sp³-hybridized carbons (Fsp3) is 0.538. The van der Waals surface area contributed by atoms with Gasteiger partial charge in [0.05, 0.1) is 18.4 Å². The van der Waals surface area contributed by atoms with Gasteiger partial charge in [0.2, 0.25) is 0 Å². The molecule has 0 spiro atoms. The third-order valence-electron chi connectivity index (χ3n) is 4.36. The zero-order chi connectivity index (χ0) is 23.0. The van der Waals surface area contributed by atoms with Gasteiger partial charge >= 0.3 is 23.5 Å². The summed E-state index contributed by atoms with van der Waals surface area (Å²) in [7, 11) is -14.9. The third kappa shape index (κ3) is 5.98. The first-order chi connectivity index (χ1) is 14.3. The van der Waals surface area contributed by atoms with Gasteiger partial charge in [-0.15, -0.1) is 0 Å². The second kappa shape index (κ2) is 8.97. The van der Waals surface area contributed by atoms with Crippen molar-refractivity contribution >= 4 is 34.8 Å². The molecule has 1 aliphatic heterocycles. The van der Waals surface area contributed by atoms with Gasteiger partial charge < -0.3 is 25.2 Å². The maximum atomic E-state index is 12.0. The number of hydrogen-bond donors (Lipinski definition) is 4.